The molecule has 1 aromatic heterocycles. The van der Waals surface area contributed by atoms with E-state index < -0.39 is 17.5 Å². The first kappa shape index (κ1) is 15.6. The molecular formula is C17H14F2N2OS. The number of carbonyl (C=O) groups excluding carboxylic acids is 1. The molecule has 0 fully saturated rings. The summed E-state index contributed by atoms with van der Waals surface area (Å²) in [6.45, 7) is 2.15. The first-order chi connectivity index (χ1) is 11.0. The Morgan fingerprint density at radius 3 is 2.96 bits per heavy atom. The summed E-state index contributed by atoms with van der Waals surface area (Å²) in [6.07, 6.45) is 2.68. The fourth-order valence-corrected chi connectivity index (χ4v) is 4.16. The van der Waals surface area contributed by atoms with E-state index >= 15 is 0 Å². The summed E-state index contributed by atoms with van der Waals surface area (Å²) in [4.78, 5) is 13.3. The van der Waals surface area contributed by atoms with Crippen LogP contribution in [-0.4, -0.2) is 5.91 Å². The van der Waals surface area contributed by atoms with Crippen molar-refractivity contribution < 1.29 is 13.6 Å². The summed E-state index contributed by atoms with van der Waals surface area (Å²) in [5.74, 6) is -1.68. The van der Waals surface area contributed by atoms with Crippen molar-refractivity contribution in [2.45, 2.75) is 26.2 Å². The van der Waals surface area contributed by atoms with Crippen LogP contribution in [0.5, 0.6) is 0 Å². The predicted molar refractivity (Wildman–Crippen MR) is 84.5 cm³/mol. The number of nitriles is 1. The van der Waals surface area contributed by atoms with E-state index in [1.54, 1.807) is 0 Å². The number of thiophene rings is 1. The summed E-state index contributed by atoms with van der Waals surface area (Å²) in [7, 11) is 0. The van der Waals surface area contributed by atoms with Crippen LogP contribution in [0.4, 0.5) is 13.8 Å². The van der Waals surface area contributed by atoms with Crippen LogP contribution in [0.25, 0.3) is 0 Å². The second-order valence-electron chi connectivity index (χ2n) is 5.75. The highest BCUT2D eigenvalue weighted by Crippen LogP contribution is 2.39. The highest BCUT2D eigenvalue weighted by Gasteiger charge is 2.25. The molecule has 1 atom stereocenters. The van der Waals surface area contributed by atoms with E-state index in [9.17, 15) is 18.8 Å². The molecule has 1 N–H and O–H groups in total. The largest absolute Gasteiger partial charge is 0.312 e. The van der Waals surface area contributed by atoms with Gasteiger partial charge in [0, 0.05) is 4.88 Å². The number of anilines is 1. The first-order valence-electron chi connectivity index (χ1n) is 7.30. The van der Waals surface area contributed by atoms with Gasteiger partial charge < -0.3 is 5.32 Å². The molecule has 23 heavy (non-hydrogen) atoms. The van der Waals surface area contributed by atoms with Gasteiger partial charge >= 0.3 is 0 Å². The van der Waals surface area contributed by atoms with Crippen molar-refractivity contribution in [3.63, 3.8) is 0 Å². The Balaban J connectivity index is 1.93. The molecule has 6 heteroatoms. The van der Waals surface area contributed by atoms with Crippen LogP contribution >= 0.6 is 11.3 Å². The second kappa shape index (κ2) is 6.09. The molecule has 0 spiro atoms. The lowest BCUT2D eigenvalue weighted by molar-refractivity contribution is 0.102. The Morgan fingerprint density at radius 1 is 1.43 bits per heavy atom. The Kier molecular flexibility index (Phi) is 4.14. The molecule has 1 heterocycles. The topological polar surface area (TPSA) is 52.9 Å². The molecule has 0 bridgehead atoms. The maximum atomic E-state index is 13.7. The Hall–Kier alpha value is -2.26. The molecule has 0 radical (unpaired) electrons. The Morgan fingerprint density at radius 2 is 2.22 bits per heavy atom. The fourth-order valence-electron chi connectivity index (χ4n) is 2.80. The van der Waals surface area contributed by atoms with E-state index in [1.807, 2.05) is 0 Å². The van der Waals surface area contributed by atoms with Crippen molar-refractivity contribution in [2.75, 3.05) is 5.32 Å². The molecule has 2 aromatic rings. The van der Waals surface area contributed by atoms with E-state index in [0.29, 0.717) is 16.5 Å². The van der Waals surface area contributed by atoms with Crippen molar-refractivity contribution in [3.05, 3.63) is 51.4 Å². The zero-order valence-corrected chi connectivity index (χ0v) is 13.3. The molecule has 3 nitrogen and oxygen atoms in total. The average molecular weight is 332 g/mol. The third kappa shape index (κ3) is 2.97. The van der Waals surface area contributed by atoms with Gasteiger partial charge in [-0.2, -0.15) is 5.26 Å². The van der Waals surface area contributed by atoms with Gasteiger partial charge in [-0.1, -0.05) is 6.92 Å². The first-order valence-corrected chi connectivity index (χ1v) is 8.12. The van der Waals surface area contributed by atoms with Gasteiger partial charge in [0.05, 0.1) is 11.1 Å². The van der Waals surface area contributed by atoms with E-state index in [2.05, 4.69) is 18.3 Å². The number of carbonyl (C=O) groups is 1. The zero-order chi connectivity index (χ0) is 16.6. The minimum atomic E-state index is -0.794. The molecule has 1 amide bonds. The van der Waals surface area contributed by atoms with Crippen molar-refractivity contribution in [1.82, 2.24) is 0 Å². The van der Waals surface area contributed by atoms with Gasteiger partial charge in [0.1, 0.15) is 22.7 Å². The molecule has 0 unspecified atom stereocenters. The second-order valence-corrected chi connectivity index (χ2v) is 6.85. The molecule has 1 aromatic carbocycles. The summed E-state index contributed by atoms with van der Waals surface area (Å²) < 4.78 is 26.9. The summed E-state index contributed by atoms with van der Waals surface area (Å²) in [5, 5.41) is 12.4. The monoisotopic (exact) mass is 332 g/mol. The van der Waals surface area contributed by atoms with Crippen molar-refractivity contribution in [3.8, 4) is 6.07 Å². The average Bonchev–Trinajstić information content (AvgIpc) is 2.85. The number of benzene rings is 1. The quantitative estimate of drug-likeness (QED) is 0.892. The van der Waals surface area contributed by atoms with Gasteiger partial charge in [-0.15, -0.1) is 11.3 Å². The van der Waals surface area contributed by atoms with Crippen LogP contribution in [0.3, 0.4) is 0 Å². The number of fused-ring (bicyclic) bond motifs is 1. The number of halogens is 2. The number of amides is 1. The van der Waals surface area contributed by atoms with E-state index in [-0.39, 0.29) is 5.56 Å². The van der Waals surface area contributed by atoms with Crippen LogP contribution < -0.4 is 5.32 Å². The smallest absolute Gasteiger partial charge is 0.259 e. The highest BCUT2D eigenvalue weighted by atomic mass is 32.1. The number of nitrogens with zero attached hydrogens (tertiary/aromatic N) is 1. The Labute approximate surface area is 136 Å². The van der Waals surface area contributed by atoms with Crippen molar-refractivity contribution >= 4 is 22.2 Å². The molecule has 0 saturated heterocycles. The standard InChI is InChI=1S/C17H14F2N2OS/c1-9-2-4-11-13(8-20)17(23-15(11)6-9)21-16(22)12-7-10(18)3-5-14(12)19/h3,5,7,9H,2,4,6H2,1H3,(H,21,22)/t9-/m0/s1. The van der Waals surface area contributed by atoms with Gasteiger partial charge in [0.2, 0.25) is 0 Å². The highest BCUT2D eigenvalue weighted by molar-refractivity contribution is 7.16. The third-order valence-corrected chi connectivity index (χ3v) is 5.19. The SMILES string of the molecule is C[C@H]1CCc2c(sc(NC(=O)c3cc(F)ccc3F)c2C#N)C1. The lowest BCUT2D eigenvalue weighted by Gasteiger charge is -2.17. The minimum Gasteiger partial charge on any atom is -0.312 e. The maximum Gasteiger partial charge on any atom is 0.259 e. The number of rotatable bonds is 2. The van der Waals surface area contributed by atoms with Gasteiger partial charge in [0.15, 0.2) is 0 Å². The normalized spacial score (nSPS) is 16.5. The zero-order valence-electron chi connectivity index (χ0n) is 12.5. The molecule has 3 rings (SSSR count). The molecular weight excluding hydrogens is 318 g/mol. The van der Waals surface area contributed by atoms with Gasteiger partial charge in [-0.3, -0.25) is 4.79 Å². The van der Waals surface area contributed by atoms with Crippen LogP contribution in [0.1, 0.15) is 39.7 Å². The van der Waals surface area contributed by atoms with Crippen molar-refractivity contribution in [2.24, 2.45) is 5.92 Å². The number of hydrogen-bond donors (Lipinski definition) is 1. The molecule has 118 valence electrons. The van der Waals surface area contributed by atoms with E-state index in [0.717, 1.165) is 47.9 Å². The van der Waals surface area contributed by atoms with Crippen molar-refractivity contribution in [1.29, 1.82) is 5.26 Å². The van der Waals surface area contributed by atoms with Gasteiger partial charge in [0.25, 0.3) is 5.91 Å². The van der Waals surface area contributed by atoms with E-state index in [1.165, 1.54) is 11.3 Å². The predicted octanol–water partition coefficient (Wildman–Crippen LogP) is 4.28. The number of nitrogens with one attached hydrogen (secondary N) is 1. The minimum absolute atomic E-state index is 0.367. The summed E-state index contributed by atoms with van der Waals surface area (Å²) in [5.41, 5.74) is 1.06. The lowest BCUT2D eigenvalue weighted by Crippen LogP contribution is -2.14. The summed E-state index contributed by atoms with van der Waals surface area (Å²) >= 11 is 1.35. The Bertz CT molecular complexity index is 823. The molecule has 0 aliphatic heterocycles. The van der Waals surface area contributed by atoms with E-state index in [4.69, 9.17) is 0 Å². The van der Waals surface area contributed by atoms with Crippen LogP contribution in [0.15, 0.2) is 18.2 Å². The fraction of sp³-hybridized carbons (Fsp3) is 0.294. The molecule has 0 saturated carbocycles. The third-order valence-electron chi connectivity index (χ3n) is 4.02. The molecule has 1 aliphatic rings. The lowest BCUT2D eigenvalue weighted by atomic mass is 9.88. The number of hydrogen-bond acceptors (Lipinski definition) is 3. The van der Waals surface area contributed by atoms with Gasteiger partial charge in [-0.25, -0.2) is 8.78 Å². The van der Waals surface area contributed by atoms with Gasteiger partial charge in [-0.05, 0) is 48.9 Å². The van der Waals surface area contributed by atoms with Crippen LogP contribution in [-0.2, 0) is 12.8 Å². The summed E-state index contributed by atoms with van der Waals surface area (Å²) in [6, 6.07) is 4.85. The van der Waals surface area contributed by atoms with Crippen LogP contribution in [0.2, 0.25) is 0 Å². The molecule has 1 aliphatic carbocycles. The van der Waals surface area contributed by atoms with Crippen LogP contribution in [0, 0.1) is 28.9 Å². The maximum absolute atomic E-state index is 13.7.